The van der Waals surface area contributed by atoms with E-state index in [1.165, 1.54) is 5.56 Å². The van der Waals surface area contributed by atoms with Gasteiger partial charge in [-0.3, -0.25) is 0 Å². The molecule has 0 saturated heterocycles. The van der Waals surface area contributed by atoms with E-state index in [0.29, 0.717) is 0 Å². The molecule has 7 aromatic rings. The molecule has 0 atom stereocenters. The van der Waals surface area contributed by atoms with Gasteiger partial charge in [-0.2, -0.15) is 0 Å². The van der Waals surface area contributed by atoms with Crippen molar-refractivity contribution in [3.05, 3.63) is 170 Å². The molecule has 0 aliphatic carbocycles. The zero-order valence-corrected chi connectivity index (χ0v) is 23.5. The zero-order chi connectivity index (χ0) is 28.6. The molecule has 0 amide bonds. The van der Waals surface area contributed by atoms with Crippen molar-refractivity contribution < 1.29 is 4.74 Å². The van der Waals surface area contributed by atoms with Gasteiger partial charge >= 0.3 is 0 Å². The minimum Gasteiger partial charge on any atom is -0.456 e. The monoisotopic (exact) mass is 552 g/mol. The first-order chi connectivity index (χ1) is 21.3. The van der Waals surface area contributed by atoms with Crippen LogP contribution < -0.4 is 14.5 Å². The van der Waals surface area contributed by atoms with Gasteiger partial charge in [-0.15, -0.1) is 0 Å². The molecule has 43 heavy (non-hydrogen) atoms. The topological polar surface area (TPSA) is 15.7 Å². The van der Waals surface area contributed by atoms with Gasteiger partial charge in [0.2, 0.25) is 0 Å². The van der Waals surface area contributed by atoms with E-state index in [4.69, 9.17) is 4.74 Å². The van der Waals surface area contributed by atoms with Crippen LogP contribution in [0.1, 0.15) is 0 Å². The minimum atomic E-state index is 0.862. The molecule has 0 aromatic heterocycles. The fourth-order valence-electron chi connectivity index (χ4n) is 6.12. The van der Waals surface area contributed by atoms with Gasteiger partial charge in [0.25, 0.3) is 0 Å². The largest absolute Gasteiger partial charge is 0.456 e. The lowest BCUT2D eigenvalue weighted by Gasteiger charge is -2.30. The van der Waals surface area contributed by atoms with Crippen molar-refractivity contribution in [1.82, 2.24) is 0 Å². The molecule has 0 fully saturated rings. The maximum absolute atomic E-state index is 6.60. The van der Waals surface area contributed by atoms with Crippen LogP contribution in [0.5, 0.6) is 11.5 Å². The molecule has 3 nitrogen and oxygen atoms in total. The van der Waals surface area contributed by atoms with Crippen molar-refractivity contribution in [2.75, 3.05) is 9.80 Å². The summed E-state index contributed by atoms with van der Waals surface area (Å²) in [5.41, 5.74) is 8.85. The van der Waals surface area contributed by atoms with Gasteiger partial charge < -0.3 is 14.5 Å². The van der Waals surface area contributed by atoms with Gasteiger partial charge in [0.1, 0.15) is 11.5 Å². The summed E-state index contributed by atoms with van der Waals surface area (Å²) in [6, 6.07) is 59.4. The number of fused-ring (bicyclic) bond motifs is 2. The Kier molecular flexibility index (Phi) is 6.12. The molecule has 0 bridgehead atoms. The summed E-state index contributed by atoms with van der Waals surface area (Å²) in [4.78, 5) is 4.61. The highest BCUT2D eigenvalue weighted by atomic mass is 16.5. The Morgan fingerprint density at radius 3 is 1.42 bits per heavy atom. The van der Waals surface area contributed by atoms with E-state index >= 15 is 0 Å². The fourth-order valence-corrected chi connectivity index (χ4v) is 6.12. The van der Waals surface area contributed by atoms with E-state index in [0.717, 1.165) is 62.0 Å². The highest BCUT2D eigenvalue weighted by Crippen LogP contribution is 2.51. The zero-order valence-electron chi connectivity index (χ0n) is 23.5. The Morgan fingerprint density at radius 1 is 0.349 bits per heavy atom. The third-order valence-electron chi connectivity index (χ3n) is 8.01. The number of ether oxygens (including phenoxy) is 1. The summed E-state index contributed by atoms with van der Waals surface area (Å²) < 4.78 is 6.60. The third kappa shape index (κ3) is 4.39. The standard InChI is InChI=1S/C40H28N2O/c1-5-14-29(15-6-1)41(30-16-7-2-8-17-30)33-24-26-38-36(28-33)34-22-13-23-35-37(25-27-39(43-38)40(34)35)42(31-18-9-3-10-19-31)32-20-11-4-12-21-32/h1-28H. The lowest BCUT2D eigenvalue weighted by molar-refractivity contribution is 0.487. The fraction of sp³-hybridized carbons (Fsp3) is 0. The normalized spacial score (nSPS) is 11.4. The van der Waals surface area contributed by atoms with Crippen LogP contribution in [-0.2, 0) is 0 Å². The van der Waals surface area contributed by atoms with Crippen molar-refractivity contribution >= 4 is 44.9 Å². The first-order valence-electron chi connectivity index (χ1n) is 14.5. The van der Waals surface area contributed by atoms with Crippen LogP contribution >= 0.6 is 0 Å². The molecule has 1 aliphatic rings. The summed E-state index contributed by atoms with van der Waals surface area (Å²) in [6.45, 7) is 0. The van der Waals surface area contributed by atoms with E-state index < -0.39 is 0 Å². The number of hydrogen-bond acceptors (Lipinski definition) is 3. The summed E-state index contributed by atoms with van der Waals surface area (Å²) in [5.74, 6) is 1.74. The first kappa shape index (κ1) is 25.0. The average molecular weight is 553 g/mol. The molecule has 0 unspecified atom stereocenters. The second kappa shape index (κ2) is 10.6. The van der Waals surface area contributed by atoms with Crippen LogP contribution in [-0.4, -0.2) is 0 Å². The van der Waals surface area contributed by atoms with Crippen LogP contribution in [0.4, 0.5) is 34.1 Å². The summed E-state index contributed by atoms with van der Waals surface area (Å²) >= 11 is 0. The van der Waals surface area contributed by atoms with Gasteiger partial charge in [-0.1, -0.05) is 91.0 Å². The summed E-state index contributed by atoms with van der Waals surface area (Å²) in [6.07, 6.45) is 0. The van der Waals surface area contributed by atoms with E-state index in [1.807, 2.05) is 0 Å². The predicted octanol–water partition coefficient (Wildman–Crippen LogP) is 11.6. The Labute approximate surface area is 251 Å². The maximum Gasteiger partial charge on any atom is 0.136 e. The molecule has 1 aliphatic heterocycles. The van der Waals surface area contributed by atoms with Crippen molar-refractivity contribution in [1.29, 1.82) is 0 Å². The second-order valence-electron chi connectivity index (χ2n) is 10.6. The second-order valence-corrected chi connectivity index (χ2v) is 10.6. The van der Waals surface area contributed by atoms with Crippen molar-refractivity contribution in [2.24, 2.45) is 0 Å². The summed E-state index contributed by atoms with van der Waals surface area (Å²) in [7, 11) is 0. The number of benzene rings is 7. The number of para-hydroxylation sites is 4. The van der Waals surface area contributed by atoms with Gasteiger partial charge in [-0.25, -0.2) is 0 Å². The number of nitrogens with zero attached hydrogens (tertiary/aromatic N) is 2. The Balaban J connectivity index is 1.32. The van der Waals surface area contributed by atoms with Crippen LogP contribution in [0.25, 0.3) is 21.9 Å². The SMILES string of the molecule is c1ccc(N(c2ccccc2)c2ccc3c(c2)-c2cccc4c(N(c5ccccc5)c5ccccc5)ccc(c24)O3)cc1. The quantitative estimate of drug-likeness (QED) is 0.204. The maximum atomic E-state index is 6.60. The average Bonchev–Trinajstić information content (AvgIpc) is 3.08. The van der Waals surface area contributed by atoms with Crippen LogP contribution in [0.15, 0.2) is 170 Å². The van der Waals surface area contributed by atoms with Crippen molar-refractivity contribution in [3.8, 4) is 22.6 Å². The molecule has 8 rings (SSSR count). The Hall–Kier alpha value is -5.80. The van der Waals surface area contributed by atoms with Crippen LogP contribution in [0, 0.1) is 0 Å². The first-order valence-corrected chi connectivity index (χ1v) is 14.5. The van der Waals surface area contributed by atoms with Gasteiger partial charge in [-0.05, 0) is 84.4 Å². The van der Waals surface area contributed by atoms with Gasteiger partial charge in [0, 0.05) is 44.8 Å². The van der Waals surface area contributed by atoms with Gasteiger partial charge in [0.05, 0.1) is 5.69 Å². The molecule has 0 N–H and O–H groups in total. The molecule has 3 heteroatoms. The van der Waals surface area contributed by atoms with E-state index in [1.54, 1.807) is 0 Å². The van der Waals surface area contributed by atoms with E-state index in [-0.39, 0.29) is 0 Å². The molecule has 204 valence electrons. The summed E-state index contributed by atoms with van der Waals surface area (Å²) in [5, 5.41) is 2.26. The van der Waals surface area contributed by atoms with Crippen LogP contribution in [0.3, 0.4) is 0 Å². The van der Waals surface area contributed by atoms with Gasteiger partial charge in [0.15, 0.2) is 0 Å². The molecular formula is C40H28N2O. The smallest absolute Gasteiger partial charge is 0.136 e. The number of anilines is 6. The molecule has 0 saturated carbocycles. The molecule has 0 spiro atoms. The number of rotatable bonds is 6. The number of hydrogen-bond donors (Lipinski definition) is 0. The molecule has 1 heterocycles. The lowest BCUT2D eigenvalue weighted by Crippen LogP contribution is -2.11. The Bertz CT molecular complexity index is 1960. The molecule has 7 aromatic carbocycles. The van der Waals surface area contributed by atoms with E-state index in [2.05, 4.69) is 180 Å². The lowest BCUT2D eigenvalue weighted by atomic mass is 9.93. The predicted molar refractivity (Wildman–Crippen MR) is 179 cm³/mol. The molecule has 0 radical (unpaired) electrons. The third-order valence-corrected chi connectivity index (χ3v) is 8.01. The highest BCUT2D eigenvalue weighted by molar-refractivity contribution is 6.11. The van der Waals surface area contributed by atoms with E-state index in [9.17, 15) is 0 Å². The Morgan fingerprint density at radius 2 is 0.860 bits per heavy atom. The minimum absolute atomic E-state index is 0.862. The van der Waals surface area contributed by atoms with Crippen LogP contribution in [0.2, 0.25) is 0 Å². The molecular weight excluding hydrogens is 524 g/mol. The highest BCUT2D eigenvalue weighted by Gasteiger charge is 2.25. The van der Waals surface area contributed by atoms with Crippen molar-refractivity contribution in [3.63, 3.8) is 0 Å². The van der Waals surface area contributed by atoms with Crippen molar-refractivity contribution in [2.45, 2.75) is 0 Å².